The summed E-state index contributed by atoms with van der Waals surface area (Å²) in [5, 5.41) is 24.9. The number of rotatable bonds is 5. The third kappa shape index (κ3) is 4.15. The van der Waals surface area contributed by atoms with Gasteiger partial charge in [-0.05, 0) is 87.3 Å². The first kappa shape index (κ1) is 22.4. The van der Waals surface area contributed by atoms with Gasteiger partial charge in [-0.2, -0.15) is 9.78 Å². The van der Waals surface area contributed by atoms with Gasteiger partial charge in [0.2, 0.25) is 0 Å². The molecule has 0 aliphatic heterocycles. The van der Waals surface area contributed by atoms with Crippen molar-refractivity contribution >= 4 is 29.1 Å². The number of benzene rings is 1. The Balaban J connectivity index is 1.58. The summed E-state index contributed by atoms with van der Waals surface area (Å²) in [5.74, 6) is -0.903. The van der Waals surface area contributed by atoms with Crippen molar-refractivity contribution < 1.29 is 19.8 Å². The quantitative estimate of drug-likeness (QED) is 0.654. The average Bonchev–Trinajstić information content (AvgIpc) is 3.58. The number of nitrogens with zero attached hydrogens (tertiary/aromatic N) is 2. The first-order valence-corrected chi connectivity index (χ1v) is 12.3. The Labute approximate surface area is 198 Å². The highest BCUT2D eigenvalue weighted by Crippen LogP contribution is 2.44. The van der Waals surface area contributed by atoms with Crippen LogP contribution in [0.1, 0.15) is 84.2 Å². The third-order valence-corrected chi connectivity index (χ3v) is 7.84. The predicted molar refractivity (Wildman–Crippen MR) is 126 cm³/mol. The van der Waals surface area contributed by atoms with E-state index >= 15 is 0 Å². The Hall–Kier alpha value is -2.44. The highest BCUT2D eigenvalue weighted by Gasteiger charge is 2.35. The average molecular weight is 469 g/mol. The van der Waals surface area contributed by atoms with Crippen LogP contribution in [0.2, 0.25) is 5.02 Å². The van der Waals surface area contributed by atoms with E-state index in [4.69, 9.17) is 16.7 Å². The minimum Gasteiger partial charge on any atom is -0.481 e. The van der Waals surface area contributed by atoms with Gasteiger partial charge in [-0.3, -0.25) is 9.59 Å². The lowest BCUT2D eigenvalue weighted by atomic mass is 9.81. The van der Waals surface area contributed by atoms with Gasteiger partial charge >= 0.3 is 5.97 Å². The zero-order valence-corrected chi connectivity index (χ0v) is 19.5. The Bertz CT molecular complexity index is 1150. The molecule has 1 heterocycles. The molecule has 33 heavy (non-hydrogen) atoms. The number of hydrogen-bond acceptors (Lipinski definition) is 4. The first-order valence-electron chi connectivity index (χ1n) is 11.9. The number of fused-ring (bicyclic) bond motifs is 1. The van der Waals surface area contributed by atoms with Crippen molar-refractivity contribution in [2.45, 2.75) is 70.3 Å². The van der Waals surface area contributed by atoms with Crippen LogP contribution in [0.15, 0.2) is 24.3 Å². The number of carbonyl (C=O) groups excluding carboxylic acids is 1. The van der Waals surface area contributed by atoms with Crippen molar-refractivity contribution in [3.05, 3.63) is 57.4 Å². The lowest BCUT2D eigenvalue weighted by molar-refractivity contribution is -0.141. The van der Waals surface area contributed by atoms with Crippen molar-refractivity contribution in [1.29, 1.82) is 0 Å². The van der Waals surface area contributed by atoms with Crippen molar-refractivity contribution in [3.8, 4) is 0 Å². The summed E-state index contributed by atoms with van der Waals surface area (Å²) in [6.45, 7) is 1.80. The summed E-state index contributed by atoms with van der Waals surface area (Å²) < 4.78 is 1.52. The zero-order chi connectivity index (χ0) is 23.3. The molecule has 6 nitrogen and oxygen atoms in total. The van der Waals surface area contributed by atoms with Gasteiger partial charge in [-0.1, -0.05) is 29.8 Å². The molecular formula is C26H29ClN2O4. The molecule has 0 saturated heterocycles. The smallest absolute Gasteiger partial charge is 0.306 e. The van der Waals surface area contributed by atoms with Crippen molar-refractivity contribution in [3.63, 3.8) is 0 Å². The minimum absolute atomic E-state index is 0.0690. The molecule has 0 radical (unpaired) electrons. The van der Waals surface area contributed by atoms with E-state index in [0.29, 0.717) is 42.2 Å². The maximum Gasteiger partial charge on any atom is 0.306 e. The molecule has 2 N–H and O–H groups in total. The molecule has 3 unspecified atom stereocenters. The summed E-state index contributed by atoms with van der Waals surface area (Å²) in [6.07, 6.45) is 7.48. The van der Waals surface area contributed by atoms with Crippen molar-refractivity contribution in [1.82, 2.24) is 9.78 Å². The first-order chi connectivity index (χ1) is 15.8. The molecule has 174 valence electrons. The maximum absolute atomic E-state index is 13.9. The zero-order valence-electron chi connectivity index (χ0n) is 18.8. The number of hydrogen-bond donors (Lipinski definition) is 2. The van der Waals surface area contributed by atoms with E-state index in [0.717, 1.165) is 53.8 Å². The predicted octanol–water partition coefficient (Wildman–Crippen LogP) is 4.86. The molecule has 0 spiro atoms. The van der Waals surface area contributed by atoms with Crippen LogP contribution in [0.5, 0.6) is 0 Å². The number of halogens is 1. The molecule has 2 aromatic rings. The maximum atomic E-state index is 13.9. The number of allylic oxidation sites excluding steroid dienone is 2. The lowest BCUT2D eigenvalue weighted by Crippen LogP contribution is -2.28. The van der Waals surface area contributed by atoms with E-state index in [1.807, 2.05) is 18.2 Å². The summed E-state index contributed by atoms with van der Waals surface area (Å²) in [7, 11) is 0. The van der Waals surface area contributed by atoms with Crippen molar-refractivity contribution in [2.75, 3.05) is 0 Å². The lowest BCUT2D eigenvalue weighted by Gasteiger charge is -2.26. The topological polar surface area (TPSA) is 92.4 Å². The molecule has 0 bridgehead atoms. The second-order valence-electron chi connectivity index (χ2n) is 9.75. The second kappa shape index (κ2) is 8.73. The van der Waals surface area contributed by atoms with Gasteiger partial charge in [-0.15, -0.1) is 0 Å². The van der Waals surface area contributed by atoms with Crippen LogP contribution in [0.25, 0.3) is 5.57 Å². The normalized spacial score (nSPS) is 23.5. The highest BCUT2D eigenvalue weighted by atomic mass is 35.5. The molecular weight excluding hydrogens is 440 g/mol. The Morgan fingerprint density at radius 1 is 1.18 bits per heavy atom. The molecule has 5 rings (SSSR count). The van der Waals surface area contributed by atoms with Crippen molar-refractivity contribution in [2.24, 2.45) is 11.8 Å². The van der Waals surface area contributed by atoms with E-state index < -0.39 is 12.1 Å². The summed E-state index contributed by atoms with van der Waals surface area (Å²) >= 11 is 6.54. The fraction of sp³-hybridized carbons (Fsp3) is 0.500. The molecule has 1 aromatic heterocycles. The van der Waals surface area contributed by atoms with Crippen LogP contribution in [0, 0.1) is 11.8 Å². The number of carboxylic acids is 1. The largest absolute Gasteiger partial charge is 0.481 e. The molecule has 3 aliphatic carbocycles. The number of aromatic nitrogens is 2. The van der Waals surface area contributed by atoms with E-state index in [9.17, 15) is 19.8 Å². The van der Waals surface area contributed by atoms with Crippen LogP contribution in [0.3, 0.4) is 0 Å². The van der Waals surface area contributed by atoms with E-state index in [1.54, 1.807) is 13.0 Å². The molecule has 1 saturated carbocycles. The van der Waals surface area contributed by atoms with Gasteiger partial charge in [0.25, 0.3) is 5.91 Å². The van der Waals surface area contributed by atoms with Gasteiger partial charge in [-0.25, -0.2) is 0 Å². The highest BCUT2D eigenvalue weighted by molar-refractivity contribution is 6.34. The standard InChI is InChI=1S/C26H29ClN2O4/c1-14(30)18-11-12-20-22(13-18)29(28-24(20)16-7-9-17(10-8-16)26(32)33)25(31)23-19(15-5-6-15)3-2-4-21(23)27/h2-4,7,14-15,17-18,30H,5-6,8-13H2,1H3,(H,32,33). The molecule has 0 amide bonds. The van der Waals surface area contributed by atoms with Gasteiger partial charge in [0.05, 0.1) is 34.0 Å². The van der Waals surface area contributed by atoms with Crippen LogP contribution < -0.4 is 0 Å². The fourth-order valence-electron chi connectivity index (χ4n) is 5.36. The Morgan fingerprint density at radius 2 is 1.97 bits per heavy atom. The van der Waals surface area contributed by atoms with Gasteiger partial charge in [0, 0.05) is 5.56 Å². The number of aliphatic hydroxyl groups is 1. The second-order valence-corrected chi connectivity index (χ2v) is 10.2. The SMILES string of the molecule is CC(O)C1CCc2c(C3=CCC(C(=O)O)CC3)nn(C(=O)c3c(Cl)cccc3C3CC3)c2C1. The Kier molecular flexibility index (Phi) is 5.91. The van der Waals surface area contributed by atoms with Crippen LogP contribution in [0.4, 0.5) is 0 Å². The molecule has 3 atom stereocenters. The summed E-state index contributed by atoms with van der Waals surface area (Å²) in [5.41, 5.74) is 5.26. The monoisotopic (exact) mass is 468 g/mol. The van der Waals surface area contributed by atoms with Gasteiger partial charge < -0.3 is 10.2 Å². The number of aliphatic carboxylic acids is 1. The molecule has 1 fully saturated rings. The minimum atomic E-state index is -0.765. The Morgan fingerprint density at radius 3 is 2.61 bits per heavy atom. The van der Waals surface area contributed by atoms with E-state index in [-0.39, 0.29) is 17.7 Å². The number of carboxylic acid groups (broad SMARTS) is 1. The van der Waals surface area contributed by atoms with Crippen LogP contribution in [-0.2, 0) is 17.6 Å². The fourth-order valence-corrected chi connectivity index (χ4v) is 5.62. The summed E-state index contributed by atoms with van der Waals surface area (Å²) in [6, 6.07) is 5.64. The van der Waals surface area contributed by atoms with Crippen LogP contribution >= 0.6 is 11.6 Å². The van der Waals surface area contributed by atoms with Crippen LogP contribution in [-0.4, -0.2) is 38.0 Å². The van der Waals surface area contributed by atoms with Gasteiger partial charge in [0.1, 0.15) is 0 Å². The summed E-state index contributed by atoms with van der Waals surface area (Å²) in [4.78, 5) is 25.2. The molecule has 1 aromatic carbocycles. The van der Waals surface area contributed by atoms with E-state index in [1.165, 1.54) is 4.68 Å². The number of carbonyl (C=O) groups is 2. The third-order valence-electron chi connectivity index (χ3n) is 7.53. The van der Waals surface area contributed by atoms with E-state index in [2.05, 4.69) is 0 Å². The van der Waals surface area contributed by atoms with Gasteiger partial charge in [0.15, 0.2) is 0 Å². The molecule has 7 heteroatoms. The number of aliphatic hydroxyl groups excluding tert-OH is 1. The molecule has 3 aliphatic rings.